The van der Waals surface area contributed by atoms with Gasteiger partial charge in [0.1, 0.15) is 5.82 Å². The highest BCUT2D eigenvalue weighted by molar-refractivity contribution is 9.11. The molecule has 3 nitrogen and oxygen atoms in total. The van der Waals surface area contributed by atoms with Crippen LogP contribution in [0.15, 0.2) is 55.1 Å². The normalized spacial score (nSPS) is 17.3. The van der Waals surface area contributed by atoms with Crippen LogP contribution in [0, 0.1) is 11.7 Å². The topological polar surface area (TPSA) is 42.2 Å². The molecule has 1 aliphatic heterocycles. The van der Waals surface area contributed by atoms with Gasteiger partial charge in [0.15, 0.2) is 0 Å². The molecule has 2 heterocycles. The Bertz CT molecular complexity index is 1050. The molecule has 0 fully saturated rings. The molecule has 3 aromatic rings. The van der Waals surface area contributed by atoms with Crippen molar-refractivity contribution in [2.75, 3.05) is 0 Å². The van der Waals surface area contributed by atoms with Gasteiger partial charge in [-0.3, -0.25) is 4.79 Å². The molecule has 0 saturated heterocycles. The van der Waals surface area contributed by atoms with Crippen LogP contribution in [-0.2, 0) is 11.3 Å². The second-order valence-electron chi connectivity index (χ2n) is 6.73. The van der Waals surface area contributed by atoms with Crippen LogP contribution in [0.1, 0.15) is 25.0 Å². The van der Waals surface area contributed by atoms with E-state index in [-0.39, 0.29) is 11.7 Å². The zero-order valence-corrected chi connectivity index (χ0v) is 18.4. The predicted molar refractivity (Wildman–Crippen MR) is 112 cm³/mol. The molecule has 0 bridgehead atoms. The molecule has 4 rings (SSSR count). The number of aromatic nitrogens is 1. The van der Waals surface area contributed by atoms with Crippen LogP contribution in [0.5, 0.6) is 0 Å². The first-order valence-electron chi connectivity index (χ1n) is 8.54. The lowest BCUT2D eigenvalue weighted by Gasteiger charge is -2.16. The average Bonchev–Trinajstić information content (AvgIpc) is 3.16. The van der Waals surface area contributed by atoms with Gasteiger partial charge in [0, 0.05) is 42.3 Å². The molecule has 2 aromatic carbocycles. The van der Waals surface area contributed by atoms with Gasteiger partial charge in [-0.05, 0) is 58.7 Å². The number of nitrogens with zero attached hydrogens (tertiary/aromatic N) is 1. The maximum atomic E-state index is 14.1. The second-order valence-corrected chi connectivity index (χ2v) is 9.58. The fourth-order valence-corrected chi connectivity index (χ4v) is 5.98. The van der Waals surface area contributed by atoms with E-state index in [0.29, 0.717) is 11.0 Å². The van der Waals surface area contributed by atoms with Crippen molar-refractivity contribution in [2.45, 2.75) is 35.6 Å². The van der Waals surface area contributed by atoms with Crippen molar-refractivity contribution in [3.05, 3.63) is 56.9 Å². The molecule has 0 radical (unpaired) electrons. The fraction of sp³-hybridized carbons (Fsp3) is 0.250. The lowest BCUT2D eigenvalue weighted by Crippen LogP contribution is -2.17. The molecule has 0 saturated carbocycles. The zero-order valence-electron chi connectivity index (χ0n) is 14.4. The van der Waals surface area contributed by atoms with Crippen LogP contribution in [0.3, 0.4) is 0 Å². The van der Waals surface area contributed by atoms with E-state index in [2.05, 4.69) is 36.4 Å². The summed E-state index contributed by atoms with van der Waals surface area (Å²) in [7, 11) is 0. The largest absolute Gasteiger partial charge is 0.481 e. The predicted octanol–water partition coefficient (Wildman–Crippen LogP) is 6.66. The first-order chi connectivity index (χ1) is 12.9. The number of rotatable bonds is 4. The Balaban J connectivity index is 1.94. The van der Waals surface area contributed by atoms with Crippen molar-refractivity contribution in [2.24, 2.45) is 5.92 Å². The smallest absolute Gasteiger partial charge is 0.306 e. The third-order valence-electron chi connectivity index (χ3n) is 5.12. The van der Waals surface area contributed by atoms with Crippen molar-refractivity contribution in [3.63, 3.8) is 0 Å². The number of hydrogen-bond donors (Lipinski definition) is 1. The van der Waals surface area contributed by atoms with Crippen LogP contribution < -0.4 is 0 Å². The molecule has 27 heavy (non-hydrogen) atoms. The molecule has 2 atom stereocenters. The zero-order chi connectivity index (χ0) is 19.3. The van der Waals surface area contributed by atoms with Gasteiger partial charge in [0.05, 0.1) is 11.4 Å². The van der Waals surface area contributed by atoms with E-state index in [1.807, 2.05) is 24.3 Å². The van der Waals surface area contributed by atoms with E-state index in [4.69, 9.17) is 0 Å². The van der Waals surface area contributed by atoms with Crippen LogP contribution in [0.4, 0.5) is 4.39 Å². The third kappa shape index (κ3) is 3.34. The van der Waals surface area contributed by atoms with Gasteiger partial charge in [0.2, 0.25) is 0 Å². The SMILES string of the molecule is CC(C(=O)O)[C@H]1CCn2c1c(Sc1ccc(Br)cc1)c1c(Br)cc(F)cc12. The summed E-state index contributed by atoms with van der Waals surface area (Å²) < 4.78 is 17.9. The molecule has 140 valence electrons. The Morgan fingerprint density at radius 2 is 2.00 bits per heavy atom. The summed E-state index contributed by atoms with van der Waals surface area (Å²) in [6.45, 7) is 2.45. The Kier molecular flexibility index (Phi) is 5.12. The lowest BCUT2D eigenvalue weighted by molar-refractivity contribution is -0.141. The summed E-state index contributed by atoms with van der Waals surface area (Å²) in [6.07, 6.45) is 0.751. The highest BCUT2D eigenvalue weighted by atomic mass is 79.9. The summed E-state index contributed by atoms with van der Waals surface area (Å²) in [4.78, 5) is 13.7. The van der Waals surface area contributed by atoms with Gasteiger partial charge in [-0.15, -0.1) is 0 Å². The molecule has 0 aliphatic carbocycles. The maximum absolute atomic E-state index is 14.1. The summed E-state index contributed by atoms with van der Waals surface area (Å²) >= 11 is 8.57. The number of carbonyl (C=O) groups is 1. The number of hydrogen-bond acceptors (Lipinski definition) is 2. The summed E-state index contributed by atoms with van der Waals surface area (Å²) in [5.74, 6) is -1.69. The average molecular weight is 513 g/mol. The number of benzene rings is 2. The van der Waals surface area contributed by atoms with Crippen LogP contribution in [0.25, 0.3) is 10.9 Å². The first-order valence-corrected chi connectivity index (χ1v) is 10.9. The molecule has 7 heteroatoms. The number of carboxylic acids is 1. The van der Waals surface area contributed by atoms with Crippen molar-refractivity contribution in [1.29, 1.82) is 0 Å². The van der Waals surface area contributed by atoms with E-state index in [0.717, 1.165) is 37.3 Å². The van der Waals surface area contributed by atoms with E-state index in [1.165, 1.54) is 6.07 Å². The number of aryl methyl sites for hydroxylation is 1. The number of carboxylic acid groups (broad SMARTS) is 1. The third-order valence-corrected chi connectivity index (χ3v) is 7.40. The van der Waals surface area contributed by atoms with E-state index in [1.54, 1.807) is 24.8 Å². The molecular formula is C20H16Br2FNO2S. The Hall–Kier alpha value is -1.31. The molecule has 1 N–H and O–H groups in total. The van der Waals surface area contributed by atoms with E-state index < -0.39 is 11.9 Å². The van der Waals surface area contributed by atoms with E-state index >= 15 is 0 Å². The lowest BCUT2D eigenvalue weighted by atomic mass is 9.90. The summed E-state index contributed by atoms with van der Waals surface area (Å²) in [6, 6.07) is 11.0. The number of halogens is 3. The highest BCUT2D eigenvalue weighted by Gasteiger charge is 2.36. The highest BCUT2D eigenvalue weighted by Crippen LogP contribution is 2.49. The molecule has 0 amide bonds. The Labute approximate surface area is 177 Å². The summed E-state index contributed by atoms with van der Waals surface area (Å²) in [5, 5.41) is 10.5. The number of fused-ring (bicyclic) bond motifs is 3. The first kappa shape index (κ1) is 19.0. The van der Waals surface area contributed by atoms with Crippen LogP contribution >= 0.6 is 43.6 Å². The van der Waals surface area contributed by atoms with Gasteiger partial charge in [0.25, 0.3) is 0 Å². The maximum Gasteiger partial charge on any atom is 0.306 e. The van der Waals surface area contributed by atoms with E-state index in [9.17, 15) is 14.3 Å². The van der Waals surface area contributed by atoms with Crippen molar-refractivity contribution < 1.29 is 14.3 Å². The minimum atomic E-state index is -0.802. The second kappa shape index (κ2) is 7.26. The van der Waals surface area contributed by atoms with Crippen LogP contribution in [0.2, 0.25) is 0 Å². The van der Waals surface area contributed by atoms with Crippen LogP contribution in [-0.4, -0.2) is 15.6 Å². The quantitative estimate of drug-likeness (QED) is 0.424. The summed E-state index contributed by atoms with van der Waals surface area (Å²) in [5.41, 5.74) is 1.82. The monoisotopic (exact) mass is 511 g/mol. The van der Waals surface area contributed by atoms with Crippen molar-refractivity contribution in [3.8, 4) is 0 Å². The number of aliphatic carboxylic acids is 1. The molecule has 1 unspecified atom stereocenters. The van der Waals surface area contributed by atoms with Gasteiger partial charge < -0.3 is 9.67 Å². The van der Waals surface area contributed by atoms with Crippen molar-refractivity contribution >= 4 is 60.5 Å². The Morgan fingerprint density at radius 3 is 2.67 bits per heavy atom. The molecular weight excluding hydrogens is 497 g/mol. The van der Waals surface area contributed by atoms with Gasteiger partial charge in [-0.1, -0.05) is 34.6 Å². The van der Waals surface area contributed by atoms with Gasteiger partial charge >= 0.3 is 5.97 Å². The van der Waals surface area contributed by atoms with Gasteiger partial charge in [-0.25, -0.2) is 4.39 Å². The molecule has 0 spiro atoms. The van der Waals surface area contributed by atoms with Crippen molar-refractivity contribution in [1.82, 2.24) is 4.57 Å². The molecule has 1 aliphatic rings. The standard InChI is InChI=1S/C20H16Br2FNO2S/c1-10(20(25)26)14-6-7-24-16-9-12(23)8-15(22)17(16)19(18(14)24)27-13-4-2-11(21)3-5-13/h2-5,8-10,14H,6-7H2,1H3,(H,25,26)/t10?,14-/m1/s1. The minimum absolute atomic E-state index is 0.0946. The molecule has 1 aromatic heterocycles. The van der Waals surface area contributed by atoms with Gasteiger partial charge in [-0.2, -0.15) is 0 Å². The Morgan fingerprint density at radius 1 is 1.30 bits per heavy atom. The minimum Gasteiger partial charge on any atom is -0.481 e. The fourth-order valence-electron chi connectivity index (χ4n) is 3.78.